The smallest absolute Gasteiger partial charge is 0.188 e. The van der Waals surface area contributed by atoms with E-state index in [4.69, 9.17) is 9.47 Å². The highest BCUT2D eigenvalue weighted by Gasteiger charge is 1.95. The quantitative estimate of drug-likeness (QED) is 0.505. The first-order chi connectivity index (χ1) is 7.36. The molecule has 0 aliphatic rings. The van der Waals surface area contributed by atoms with Crippen LogP contribution in [0.1, 0.15) is 25.3 Å². The molecule has 15 heavy (non-hydrogen) atoms. The molecule has 1 aromatic carbocycles. The third-order valence-electron chi connectivity index (χ3n) is 2.14. The van der Waals surface area contributed by atoms with Crippen molar-refractivity contribution in [1.82, 2.24) is 0 Å². The average Bonchev–Trinajstić information content (AvgIpc) is 2.28. The Morgan fingerprint density at radius 2 is 1.93 bits per heavy atom. The highest BCUT2D eigenvalue weighted by Crippen LogP contribution is 2.13. The summed E-state index contributed by atoms with van der Waals surface area (Å²) in [6.45, 7) is 2.50. The largest absolute Gasteiger partial charge is 0.468 e. The molecule has 0 atom stereocenters. The molecular weight excluding hydrogens is 188 g/mol. The van der Waals surface area contributed by atoms with Gasteiger partial charge in [0.05, 0.1) is 0 Å². The van der Waals surface area contributed by atoms with Gasteiger partial charge in [0.25, 0.3) is 0 Å². The SMILES string of the molecule is CCC[CH]Cc1ccc(OCOC)cc1. The highest BCUT2D eigenvalue weighted by molar-refractivity contribution is 5.27. The van der Waals surface area contributed by atoms with Crippen molar-refractivity contribution in [2.45, 2.75) is 26.2 Å². The van der Waals surface area contributed by atoms with Gasteiger partial charge in [-0.2, -0.15) is 0 Å². The number of hydrogen-bond donors (Lipinski definition) is 0. The van der Waals surface area contributed by atoms with Crippen molar-refractivity contribution in [2.24, 2.45) is 0 Å². The van der Waals surface area contributed by atoms with Crippen LogP contribution >= 0.6 is 0 Å². The monoisotopic (exact) mass is 207 g/mol. The van der Waals surface area contributed by atoms with Crippen molar-refractivity contribution in [2.75, 3.05) is 13.9 Å². The summed E-state index contributed by atoms with van der Waals surface area (Å²) in [4.78, 5) is 0. The van der Waals surface area contributed by atoms with E-state index >= 15 is 0 Å². The van der Waals surface area contributed by atoms with Gasteiger partial charge in [0.15, 0.2) is 6.79 Å². The normalized spacial score (nSPS) is 10.3. The molecular formula is C13H19O2. The number of rotatable bonds is 7. The van der Waals surface area contributed by atoms with E-state index in [1.807, 2.05) is 12.1 Å². The van der Waals surface area contributed by atoms with Crippen LogP contribution in [0, 0.1) is 6.42 Å². The van der Waals surface area contributed by atoms with E-state index in [1.54, 1.807) is 7.11 Å². The maximum absolute atomic E-state index is 5.30. The van der Waals surface area contributed by atoms with Crippen LogP contribution < -0.4 is 4.74 Å². The molecule has 1 aromatic rings. The maximum atomic E-state index is 5.30. The number of hydrogen-bond acceptors (Lipinski definition) is 2. The summed E-state index contributed by atoms with van der Waals surface area (Å²) in [5.74, 6) is 0.857. The fourth-order valence-electron chi connectivity index (χ4n) is 1.32. The minimum atomic E-state index is 0.307. The predicted molar refractivity (Wildman–Crippen MR) is 61.9 cm³/mol. The van der Waals surface area contributed by atoms with Gasteiger partial charge in [0.2, 0.25) is 0 Å². The molecule has 1 radical (unpaired) electrons. The summed E-state index contributed by atoms with van der Waals surface area (Å²) >= 11 is 0. The molecule has 0 N–H and O–H groups in total. The van der Waals surface area contributed by atoms with Crippen molar-refractivity contribution in [3.8, 4) is 5.75 Å². The van der Waals surface area contributed by atoms with E-state index in [9.17, 15) is 0 Å². The van der Waals surface area contributed by atoms with Crippen molar-refractivity contribution < 1.29 is 9.47 Å². The Balaban J connectivity index is 2.35. The molecule has 0 aliphatic heterocycles. The zero-order chi connectivity index (χ0) is 10.9. The van der Waals surface area contributed by atoms with Crippen LogP contribution in [0.2, 0.25) is 0 Å². The van der Waals surface area contributed by atoms with Crippen LogP contribution in [-0.4, -0.2) is 13.9 Å². The second-order valence-electron chi connectivity index (χ2n) is 3.48. The zero-order valence-corrected chi connectivity index (χ0v) is 9.53. The Hall–Kier alpha value is -1.02. The predicted octanol–water partition coefficient (Wildman–Crippen LogP) is 3.22. The molecule has 0 aromatic heterocycles. The van der Waals surface area contributed by atoms with Gasteiger partial charge in [-0.3, -0.25) is 0 Å². The Labute approximate surface area is 92.2 Å². The van der Waals surface area contributed by atoms with E-state index in [-0.39, 0.29) is 0 Å². The molecule has 0 spiro atoms. The fraction of sp³-hybridized carbons (Fsp3) is 0.462. The van der Waals surface area contributed by atoms with E-state index in [1.165, 1.54) is 18.4 Å². The average molecular weight is 207 g/mol. The molecule has 2 nitrogen and oxygen atoms in total. The molecule has 0 heterocycles. The molecule has 1 rings (SSSR count). The molecule has 83 valence electrons. The lowest BCUT2D eigenvalue weighted by atomic mass is 10.1. The Bertz CT molecular complexity index is 254. The van der Waals surface area contributed by atoms with Gasteiger partial charge in [-0.15, -0.1) is 0 Å². The van der Waals surface area contributed by atoms with Crippen LogP contribution in [0.25, 0.3) is 0 Å². The second kappa shape index (κ2) is 7.30. The number of unbranched alkanes of at least 4 members (excludes halogenated alkanes) is 2. The molecule has 0 fully saturated rings. The first-order valence-electron chi connectivity index (χ1n) is 5.39. The van der Waals surface area contributed by atoms with Crippen molar-refractivity contribution in [3.63, 3.8) is 0 Å². The van der Waals surface area contributed by atoms with Crippen LogP contribution in [0.4, 0.5) is 0 Å². The summed E-state index contributed by atoms with van der Waals surface area (Å²) in [7, 11) is 1.62. The summed E-state index contributed by atoms with van der Waals surface area (Å²) in [5.41, 5.74) is 1.33. The second-order valence-corrected chi connectivity index (χ2v) is 3.48. The Kier molecular flexibility index (Phi) is 5.86. The summed E-state index contributed by atoms with van der Waals surface area (Å²) in [6.07, 6.45) is 5.75. The fourth-order valence-corrected chi connectivity index (χ4v) is 1.32. The van der Waals surface area contributed by atoms with Crippen molar-refractivity contribution in [1.29, 1.82) is 0 Å². The first kappa shape index (κ1) is 12.1. The van der Waals surface area contributed by atoms with E-state index in [0.717, 1.165) is 12.2 Å². The van der Waals surface area contributed by atoms with Crippen LogP contribution in [0.3, 0.4) is 0 Å². The topological polar surface area (TPSA) is 18.5 Å². The number of ether oxygens (including phenoxy) is 2. The van der Waals surface area contributed by atoms with E-state index in [2.05, 4.69) is 25.5 Å². The van der Waals surface area contributed by atoms with Crippen LogP contribution in [0.15, 0.2) is 24.3 Å². The Morgan fingerprint density at radius 1 is 1.20 bits per heavy atom. The molecule has 0 saturated heterocycles. The van der Waals surface area contributed by atoms with Gasteiger partial charge in [-0.25, -0.2) is 0 Å². The standard InChI is InChI=1S/C13H19O2/c1-3-4-5-6-12-7-9-13(10-8-12)15-11-14-2/h5,7-10H,3-4,6,11H2,1-2H3. The number of benzene rings is 1. The van der Waals surface area contributed by atoms with Crippen LogP contribution in [0.5, 0.6) is 5.75 Å². The summed E-state index contributed by atoms with van der Waals surface area (Å²) in [6, 6.07) is 8.15. The van der Waals surface area contributed by atoms with Crippen molar-refractivity contribution >= 4 is 0 Å². The lowest BCUT2D eigenvalue weighted by Gasteiger charge is -2.05. The van der Waals surface area contributed by atoms with Gasteiger partial charge in [0.1, 0.15) is 5.75 Å². The van der Waals surface area contributed by atoms with Crippen molar-refractivity contribution in [3.05, 3.63) is 36.2 Å². The van der Waals surface area contributed by atoms with Gasteiger partial charge < -0.3 is 9.47 Å². The Morgan fingerprint density at radius 3 is 2.53 bits per heavy atom. The molecule has 0 bridgehead atoms. The third kappa shape index (κ3) is 4.84. The highest BCUT2D eigenvalue weighted by atomic mass is 16.7. The first-order valence-corrected chi connectivity index (χ1v) is 5.39. The number of methoxy groups -OCH3 is 1. The minimum absolute atomic E-state index is 0.307. The third-order valence-corrected chi connectivity index (χ3v) is 2.14. The zero-order valence-electron chi connectivity index (χ0n) is 9.53. The molecule has 0 aliphatic carbocycles. The minimum Gasteiger partial charge on any atom is -0.468 e. The van der Waals surface area contributed by atoms with E-state index < -0.39 is 0 Å². The lowest BCUT2D eigenvalue weighted by Crippen LogP contribution is -1.98. The van der Waals surface area contributed by atoms with Gasteiger partial charge in [-0.05, 0) is 30.5 Å². The molecule has 0 unspecified atom stereocenters. The maximum Gasteiger partial charge on any atom is 0.188 e. The molecule has 2 heteroatoms. The lowest BCUT2D eigenvalue weighted by molar-refractivity contribution is 0.0511. The van der Waals surface area contributed by atoms with Crippen LogP contribution in [-0.2, 0) is 11.2 Å². The van der Waals surface area contributed by atoms with Gasteiger partial charge >= 0.3 is 0 Å². The molecule has 0 amide bonds. The summed E-state index contributed by atoms with van der Waals surface area (Å²) in [5, 5.41) is 0. The van der Waals surface area contributed by atoms with Gasteiger partial charge in [0, 0.05) is 7.11 Å². The molecule has 0 saturated carbocycles. The van der Waals surface area contributed by atoms with Gasteiger partial charge in [-0.1, -0.05) is 31.9 Å². The summed E-state index contributed by atoms with van der Waals surface area (Å²) < 4.78 is 10.1. The van der Waals surface area contributed by atoms with E-state index in [0.29, 0.717) is 6.79 Å².